The summed E-state index contributed by atoms with van der Waals surface area (Å²) in [5.74, 6) is 0.389. The summed E-state index contributed by atoms with van der Waals surface area (Å²) in [5.41, 5.74) is 4.61. The van der Waals surface area contributed by atoms with E-state index >= 15 is 0 Å². The number of amides is 1. The summed E-state index contributed by atoms with van der Waals surface area (Å²) in [7, 11) is 0. The van der Waals surface area contributed by atoms with E-state index in [-0.39, 0.29) is 29.4 Å². The van der Waals surface area contributed by atoms with Gasteiger partial charge in [-0.3, -0.25) is 9.59 Å². The van der Waals surface area contributed by atoms with Gasteiger partial charge in [-0.2, -0.15) is 0 Å². The van der Waals surface area contributed by atoms with Crippen LogP contribution in [-0.4, -0.2) is 24.0 Å². The maximum Gasteiger partial charge on any atom is 0.303 e. The van der Waals surface area contributed by atoms with Crippen LogP contribution in [-0.2, 0) is 14.3 Å². The zero-order valence-electron chi connectivity index (χ0n) is 16.5. The van der Waals surface area contributed by atoms with Gasteiger partial charge in [0.2, 0.25) is 5.91 Å². The molecule has 0 aromatic rings. The Labute approximate surface area is 156 Å². The lowest BCUT2D eigenvalue weighted by molar-refractivity contribution is -0.144. The quantitative estimate of drug-likeness (QED) is 0.564. The lowest BCUT2D eigenvalue weighted by Crippen LogP contribution is -2.37. The van der Waals surface area contributed by atoms with E-state index in [4.69, 9.17) is 4.74 Å². The summed E-state index contributed by atoms with van der Waals surface area (Å²) >= 11 is 0. The molecule has 0 aromatic heterocycles. The smallest absolute Gasteiger partial charge is 0.303 e. The molecule has 2 bridgehead atoms. The number of hydrogen-bond acceptors (Lipinski definition) is 3. The van der Waals surface area contributed by atoms with E-state index in [0.717, 1.165) is 48.8 Å². The largest absolute Gasteiger partial charge is 0.458 e. The normalized spacial score (nSPS) is 33.5. The number of carbonyl (C=O) groups excluding carboxylic acids is 2. The van der Waals surface area contributed by atoms with Crippen molar-refractivity contribution in [1.82, 2.24) is 5.32 Å². The van der Waals surface area contributed by atoms with E-state index in [2.05, 4.69) is 32.7 Å². The molecule has 0 radical (unpaired) electrons. The van der Waals surface area contributed by atoms with Gasteiger partial charge < -0.3 is 10.1 Å². The third-order valence-corrected chi connectivity index (χ3v) is 6.36. The molecule has 1 N–H and O–H groups in total. The molecule has 3 atom stereocenters. The molecular weight excluding hydrogens is 326 g/mol. The van der Waals surface area contributed by atoms with Crippen LogP contribution < -0.4 is 5.32 Å². The van der Waals surface area contributed by atoms with Gasteiger partial charge in [-0.1, -0.05) is 31.6 Å². The van der Waals surface area contributed by atoms with Crippen LogP contribution in [0.1, 0.15) is 66.2 Å². The second kappa shape index (κ2) is 7.05. The van der Waals surface area contributed by atoms with Crippen molar-refractivity contribution in [3.05, 3.63) is 34.9 Å². The third-order valence-electron chi connectivity index (χ3n) is 6.36. The number of esters is 1. The molecular formula is C22H31NO3. The number of ether oxygens (including phenoxy) is 1. The van der Waals surface area contributed by atoms with Crippen molar-refractivity contribution >= 4 is 11.9 Å². The van der Waals surface area contributed by atoms with Crippen molar-refractivity contribution in [2.75, 3.05) is 0 Å². The number of rotatable bonds is 1. The molecule has 2 aliphatic carbocycles. The summed E-state index contributed by atoms with van der Waals surface area (Å²) in [6.07, 6.45) is 7.16. The zero-order valence-corrected chi connectivity index (χ0v) is 16.5. The fourth-order valence-corrected chi connectivity index (χ4v) is 5.11. The molecule has 3 aliphatic rings. The Morgan fingerprint density at radius 3 is 2.65 bits per heavy atom. The Morgan fingerprint density at radius 2 is 1.96 bits per heavy atom. The highest BCUT2D eigenvalue weighted by molar-refractivity contribution is 5.98. The average Bonchev–Trinajstić information content (AvgIpc) is 2.81. The van der Waals surface area contributed by atoms with Gasteiger partial charge >= 0.3 is 5.97 Å². The van der Waals surface area contributed by atoms with E-state index in [1.165, 1.54) is 12.5 Å². The highest BCUT2D eigenvalue weighted by Gasteiger charge is 2.46. The van der Waals surface area contributed by atoms with Crippen LogP contribution in [0, 0.1) is 11.3 Å². The van der Waals surface area contributed by atoms with Gasteiger partial charge in [0.15, 0.2) is 0 Å². The Hall–Kier alpha value is -1.84. The molecule has 0 saturated carbocycles. The van der Waals surface area contributed by atoms with Crippen LogP contribution in [0.5, 0.6) is 0 Å². The van der Waals surface area contributed by atoms with Gasteiger partial charge in [0.25, 0.3) is 0 Å². The van der Waals surface area contributed by atoms with Crippen molar-refractivity contribution in [1.29, 1.82) is 0 Å². The fraction of sp³-hybridized carbons (Fsp3) is 0.636. The first kappa shape index (κ1) is 18.9. The van der Waals surface area contributed by atoms with Crippen LogP contribution in [0.3, 0.4) is 0 Å². The van der Waals surface area contributed by atoms with Crippen molar-refractivity contribution in [3.8, 4) is 0 Å². The first-order chi connectivity index (χ1) is 12.2. The Balaban J connectivity index is 1.97. The van der Waals surface area contributed by atoms with Gasteiger partial charge in [0.1, 0.15) is 6.10 Å². The number of nitrogens with one attached hydrogen (secondary N) is 1. The highest BCUT2D eigenvalue weighted by atomic mass is 16.5. The molecule has 0 fully saturated rings. The number of fused-ring (bicyclic) bond motifs is 1. The molecule has 0 spiro atoms. The summed E-state index contributed by atoms with van der Waals surface area (Å²) in [6, 6.07) is 0.0622. The van der Waals surface area contributed by atoms with E-state index in [1.807, 2.05) is 6.08 Å². The molecule has 0 saturated heterocycles. The molecule has 142 valence electrons. The van der Waals surface area contributed by atoms with Crippen molar-refractivity contribution in [2.45, 2.75) is 78.4 Å². The van der Waals surface area contributed by atoms with E-state index in [1.54, 1.807) is 0 Å². The van der Waals surface area contributed by atoms with E-state index < -0.39 is 0 Å². The molecule has 0 aromatic carbocycles. The molecule has 1 amide bonds. The average molecular weight is 357 g/mol. The predicted molar refractivity (Wildman–Crippen MR) is 102 cm³/mol. The minimum absolute atomic E-state index is 0.0203. The van der Waals surface area contributed by atoms with Crippen molar-refractivity contribution < 1.29 is 14.3 Å². The molecule has 3 rings (SSSR count). The SMILES string of the molecule is C=C1CC[C@@H]2CCC3=C([C@@H](C/C(C)=C/[C@@H](OC(C)=O)C1)NC3=O)C2(C)C. The molecule has 1 aliphatic heterocycles. The van der Waals surface area contributed by atoms with Gasteiger partial charge in [0.05, 0.1) is 6.04 Å². The molecule has 0 unspecified atom stereocenters. The molecule has 26 heavy (non-hydrogen) atoms. The minimum atomic E-state index is -0.267. The monoisotopic (exact) mass is 357 g/mol. The van der Waals surface area contributed by atoms with Gasteiger partial charge in [-0.05, 0) is 62.0 Å². The third kappa shape index (κ3) is 3.65. The lowest BCUT2D eigenvalue weighted by Gasteiger charge is -2.42. The first-order valence-corrected chi connectivity index (χ1v) is 9.74. The Kier molecular flexibility index (Phi) is 5.14. The first-order valence-electron chi connectivity index (χ1n) is 9.74. The minimum Gasteiger partial charge on any atom is -0.458 e. The number of hydrogen-bond donors (Lipinski definition) is 1. The van der Waals surface area contributed by atoms with Crippen molar-refractivity contribution in [3.63, 3.8) is 0 Å². The molecule has 4 heteroatoms. The van der Waals surface area contributed by atoms with Gasteiger partial charge in [-0.25, -0.2) is 0 Å². The van der Waals surface area contributed by atoms with E-state index in [9.17, 15) is 9.59 Å². The zero-order chi connectivity index (χ0) is 19.1. The predicted octanol–water partition coefficient (Wildman–Crippen LogP) is 4.23. The Morgan fingerprint density at radius 1 is 1.27 bits per heavy atom. The van der Waals surface area contributed by atoms with Crippen LogP contribution >= 0.6 is 0 Å². The lowest BCUT2D eigenvalue weighted by atomic mass is 9.62. The van der Waals surface area contributed by atoms with Crippen molar-refractivity contribution in [2.24, 2.45) is 11.3 Å². The maximum atomic E-state index is 12.5. The van der Waals surface area contributed by atoms with Crippen LogP contribution in [0.4, 0.5) is 0 Å². The second-order valence-corrected chi connectivity index (χ2v) is 8.73. The summed E-state index contributed by atoms with van der Waals surface area (Å²) in [5, 5.41) is 3.21. The molecule has 4 nitrogen and oxygen atoms in total. The fourth-order valence-electron chi connectivity index (χ4n) is 5.11. The highest BCUT2D eigenvalue weighted by Crippen LogP contribution is 2.51. The van der Waals surface area contributed by atoms with Crippen LogP contribution in [0.2, 0.25) is 0 Å². The standard InChI is InChI=1S/C22H31NO3/c1-13-6-7-16-8-9-18-20(22(16,4)5)19(23-21(18)25)12-14(2)11-17(10-13)26-15(3)24/h11,16-17,19H,1,6-10,12H2,2-5H3,(H,23,25)/b14-11+/t16-,17+,19-/m1/s1. The number of carbonyl (C=O) groups is 2. The molecule has 1 heterocycles. The summed E-state index contributed by atoms with van der Waals surface area (Å²) < 4.78 is 5.50. The van der Waals surface area contributed by atoms with Crippen LogP contribution in [0.15, 0.2) is 34.9 Å². The maximum absolute atomic E-state index is 12.5. The van der Waals surface area contributed by atoms with Crippen LogP contribution in [0.25, 0.3) is 0 Å². The van der Waals surface area contributed by atoms with E-state index in [0.29, 0.717) is 12.3 Å². The van der Waals surface area contributed by atoms with Gasteiger partial charge in [0, 0.05) is 18.9 Å². The topological polar surface area (TPSA) is 55.4 Å². The second-order valence-electron chi connectivity index (χ2n) is 8.73. The van der Waals surface area contributed by atoms with Gasteiger partial charge in [-0.15, -0.1) is 0 Å². The Bertz CT molecular complexity index is 698. The summed E-state index contributed by atoms with van der Waals surface area (Å²) in [6.45, 7) is 12.3. The summed E-state index contributed by atoms with van der Waals surface area (Å²) in [4.78, 5) is 24.0.